The highest BCUT2D eigenvalue weighted by Gasteiger charge is 2.27. The Morgan fingerprint density at radius 1 is 1.35 bits per heavy atom. The normalized spacial score (nSPS) is 16.3. The Kier molecular flexibility index (Phi) is 5.00. The van der Waals surface area contributed by atoms with E-state index in [2.05, 4.69) is 4.72 Å². The maximum absolute atomic E-state index is 12.5. The molecule has 0 atom stereocenters. The number of piperidine rings is 1. The Morgan fingerprint density at radius 2 is 1.96 bits per heavy atom. The van der Waals surface area contributed by atoms with Gasteiger partial charge >= 0.3 is 0 Å². The Balaban J connectivity index is 2.15. The van der Waals surface area contributed by atoms with Crippen LogP contribution in [0.25, 0.3) is 0 Å². The Bertz CT molecular complexity index is 724. The van der Waals surface area contributed by atoms with Crippen molar-refractivity contribution in [3.05, 3.63) is 33.9 Å². The molecule has 9 heteroatoms. The molecule has 0 saturated carbocycles. The zero-order valence-electron chi connectivity index (χ0n) is 13.0. The van der Waals surface area contributed by atoms with Crippen LogP contribution in [0.2, 0.25) is 0 Å². The maximum Gasteiger partial charge on any atom is 0.270 e. The molecular formula is C14H19N3O5S. The lowest BCUT2D eigenvalue weighted by molar-refractivity contribution is -0.385. The number of nitrogens with one attached hydrogen (secondary N) is 1. The average molecular weight is 341 g/mol. The maximum atomic E-state index is 12.5. The van der Waals surface area contributed by atoms with E-state index in [1.165, 1.54) is 19.1 Å². The van der Waals surface area contributed by atoms with Crippen LogP contribution in [0.4, 0.5) is 5.69 Å². The smallest absolute Gasteiger partial charge is 0.270 e. The van der Waals surface area contributed by atoms with E-state index in [0.717, 1.165) is 6.07 Å². The summed E-state index contributed by atoms with van der Waals surface area (Å²) >= 11 is 0. The van der Waals surface area contributed by atoms with Gasteiger partial charge in [-0.2, -0.15) is 0 Å². The number of carbonyl (C=O) groups excluding carboxylic acids is 1. The minimum absolute atomic E-state index is 0.0270. The summed E-state index contributed by atoms with van der Waals surface area (Å²) in [6, 6.07) is 3.49. The lowest BCUT2D eigenvalue weighted by atomic mass is 10.1. The molecule has 23 heavy (non-hydrogen) atoms. The van der Waals surface area contributed by atoms with Crippen LogP contribution >= 0.6 is 0 Å². The fourth-order valence-electron chi connectivity index (χ4n) is 2.59. The Labute approximate surface area is 134 Å². The number of nitro benzene ring substituents is 1. The third-order valence-corrected chi connectivity index (χ3v) is 5.60. The van der Waals surface area contributed by atoms with Crippen LogP contribution in [0.1, 0.15) is 25.3 Å². The first kappa shape index (κ1) is 17.4. The number of amides is 1. The highest BCUT2D eigenvalue weighted by molar-refractivity contribution is 7.89. The van der Waals surface area contributed by atoms with Crippen LogP contribution in [0.5, 0.6) is 0 Å². The van der Waals surface area contributed by atoms with Crippen LogP contribution in [0.3, 0.4) is 0 Å². The largest absolute Gasteiger partial charge is 0.343 e. The topological polar surface area (TPSA) is 110 Å². The summed E-state index contributed by atoms with van der Waals surface area (Å²) in [4.78, 5) is 23.1. The van der Waals surface area contributed by atoms with Crippen molar-refractivity contribution in [1.82, 2.24) is 9.62 Å². The SMILES string of the molecule is CC(=O)N1CCC(NS(=O)(=O)c2cc([N+](=O)[O-])ccc2C)CC1. The quantitative estimate of drug-likeness (QED) is 0.653. The van der Waals surface area contributed by atoms with E-state index in [9.17, 15) is 23.3 Å². The summed E-state index contributed by atoms with van der Waals surface area (Å²) in [5.41, 5.74) is 0.187. The second kappa shape index (κ2) is 6.63. The van der Waals surface area contributed by atoms with Gasteiger partial charge in [-0.3, -0.25) is 14.9 Å². The first-order valence-corrected chi connectivity index (χ1v) is 8.72. The third kappa shape index (κ3) is 4.05. The van der Waals surface area contributed by atoms with E-state index in [1.807, 2.05) is 0 Å². The number of benzene rings is 1. The number of likely N-dealkylation sites (tertiary alicyclic amines) is 1. The molecule has 1 aliphatic heterocycles. The van der Waals surface area contributed by atoms with Crippen LogP contribution in [-0.2, 0) is 14.8 Å². The molecule has 0 unspecified atom stereocenters. The van der Waals surface area contributed by atoms with Gasteiger partial charge in [-0.15, -0.1) is 0 Å². The van der Waals surface area contributed by atoms with Crippen LogP contribution < -0.4 is 4.72 Å². The van der Waals surface area contributed by atoms with E-state index in [4.69, 9.17) is 0 Å². The molecule has 2 rings (SSSR count). The van der Waals surface area contributed by atoms with Crippen molar-refractivity contribution < 1.29 is 18.1 Å². The zero-order valence-corrected chi connectivity index (χ0v) is 13.8. The lowest BCUT2D eigenvalue weighted by Crippen LogP contribution is -2.46. The predicted octanol–water partition coefficient (Wildman–Crippen LogP) is 1.19. The lowest BCUT2D eigenvalue weighted by Gasteiger charge is -2.31. The monoisotopic (exact) mass is 341 g/mol. The second-order valence-corrected chi connectivity index (χ2v) is 7.29. The van der Waals surface area contributed by atoms with E-state index in [-0.39, 0.29) is 22.5 Å². The second-order valence-electron chi connectivity index (χ2n) is 5.61. The Morgan fingerprint density at radius 3 is 2.48 bits per heavy atom. The van der Waals surface area contributed by atoms with Gasteiger partial charge in [0.25, 0.3) is 5.69 Å². The number of nitro groups is 1. The first-order valence-electron chi connectivity index (χ1n) is 7.23. The third-order valence-electron chi connectivity index (χ3n) is 3.93. The molecular weight excluding hydrogens is 322 g/mol. The summed E-state index contributed by atoms with van der Waals surface area (Å²) in [6.07, 6.45) is 1.04. The molecule has 1 fully saturated rings. The summed E-state index contributed by atoms with van der Waals surface area (Å²) < 4.78 is 27.6. The molecule has 1 aromatic rings. The minimum Gasteiger partial charge on any atom is -0.343 e. The van der Waals surface area contributed by atoms with Gasteiger partial charge in [0.15, 0.2) is 0 Å². The van der Waals surface area contributed by atoms with Gasteiger partial charge in [0.2, 0.25) is 15.9 Å². The zero-order chi connectivity index (χ0) is 17.2. The van der Waals surface area contributed by atoms with Gasteiger partial charge in [-0.05, 0) is 25.3 Å². The number of sulfonamides is 1. The van der Waals surface area contributed by atoms with Gasteiger partial charge in [-0.25, -0.2) is 13.1 Å². The molecule has 1 amide bonds. The summed E-state index contributed by atoms with van der Waals surface area (Å²) in [6.45, 7) is 4.07. The fraction of sp³-hybridized carbons (Fsp3) is 0.500. The molecule has 1 N–H and O–H groups in total. The molecule has 1 aliphatic rings. The van der Waals surface area contributed by atoms with Crippen molar-refractivity contribution >= 4 is 21.6 Å². The van der Waals surface area contributed by atoms with Gasteiger partial charge in [0.1, 0.15) is 0 Å². The number of hydrogen-bond acceptors (Lipinski definition) is 5. The molecule has 0 spiro atoms. The summed E-state index contributed by atoms with van der Waals surface area (Å²) in [5, 5.41) is 10.8. The molecule has 1 aromatic carbocycles. The first-order chi connectivity index (χ1) is 10.7. The number of rotatable bonds is 4. The van der Waals surface area contributed by atoms with Crippen LogP contribution in [-0.4, -0.2) is 43.3 Å². The van der Waals surface area contributed by atoms with Gasteiger partial charge < -0.3 is 4.90 Å². The van der Waals surface area contributed by atoms with E-state index >= 15 is 0 Å². The minimum atomic E-state index is -3.84. The van der Waals surface area contributed by atoms with Crippen molar-refractivity contribution in [3.63, 3.8) is 0 Å². The van der Waals surface area contributed by atoms with Crippen molar-refractivity contribution in [2.75, 3.05) is 13.1 Å². The molecule has 0 aliphatic carbocycles. The molecule has 8 nitrogen and oxygen atoms in total. The van der Waals surface area contributed by atoms with Crippen molar-refractivity contribution in [2.24, 2.45) is 0 Å². The highest BCUT2D eigenvalue weighted by Crippen LogP contribution is 2.23. The molecule has 1 heterocycles. The Hall–Kier alpha value is -2.00. The van der Waals surface area contributed by atoms with Crippen LogP contribution in [0, 0.1) is 17.0 Å². The van der Waals surface area contributed by atoms with E-state index in [1.54, 1.807) is 11.8 Å². The highest BCUT2D eigenvalue weighted by atomic mass is 32.2. The molecule has 0 aromatic heterocycles. The van der Waals surface area contributed by atoms with Crippen molar-refractivity contribution in [1.29, 1.82) is 0 Å². The van der Waals surface area contributed by atoms with E-state index < -0.39 is 14.9 Å². The standard InChI is InChI=1S/C14H19N3O5S/c1-10-3-4-13(17(19)20)9-14(10)23(21,22)15-12-5-7-16(8-6-12)11(2)18/h3-4,9,12,15H,5-8H2,1-2H3. The number of hydrogen-bond donors (Lipinski definition) is 1. The summed E-state index contributed by atoms with van der Waals surface area (Å²) in [7, 11) is -3.84. The fourth-order valence-corrected chi connectivity index (χ4v) is 4.16. The average Bonchev–Trinajstić information content (AvgIpc) is 2.47. The van der Waals surface area contributed by atoms with Crippen molar-refractivity contribution in [2.45, 2.75) is 37.6 Å². The molecule has 126 valence electrons. The van der Waals surface area contributed by atoms with E-state index in [0.29, 0.717) is 31.5 Å². The van der Waals surface area contributed by atoms with Gasteiger partial charge in [0.05, 0.1) is 9.82 Å². The number of carbonyl (C=O) groups is 1. The molecule has 0 radical (unpaired) electrons. The van der Waals surface area contributed by atoms with Crippen LogP contribution in [0.15, 0.2) is 23.1 Å². The number of non-ortho nitro benzene ring substituents is 1. The van der Waals surface area contributed by atoms with Gasteiger partial charge in [-0.1, -0.05) is 6.07 Å². The summed E-state index contributed by atoms with van der Waals surface area (Å²) in [5.74, 6) is -0.0270. The van der Waals surface area contributed by atoms with Gasteiger partial charge in [0, 0.05) is 38.2 Å². The molecule has 1 saturated heterocycles. The predicted molar refractivity (Wildman–Crippen MR) is 83.4 cm³/mol. The molecule has 0 bridgehead atoms. The van der Waals surface area contributed by atoms with Crippen molar-refractivity contribution in [3.8, 4) is 0 Å². The number of nitrogens with zero attached hydrogens (tertiary/aromatic N) is 2. The number of aryl methyl sites for hydroxylation is 1.